The van der Waals surface area contributed by atoms with E-state index >= 15 is 0 Å². The maximum Gasteiger partial charge on any atom is 0.0742 e. The van der Waals surface area contributed by atoms with Crippen LogP contribution in [-0.2, 0) is 0 Å². The normalized spacial score (nSPS) is 14.4. The first kappa shape index (κ1) is 10.8. The van der Waals surface area contributed by atoms with Gasteiger partial charge >= 0.3 is 0 Å². The highest BCUT2D eigenvalue weighted by Gasteiger charge is 2.04. The number of thioether (sulfide) groups is 1. The minimum Gasteiger partial charge on any atom is -0.286 e. The van der Waals surface area contributed by atoms with Crippen molar-refractivity contribution in [1.29, 1.82) is 0 Å². The Morgan fingerprint density at radius 2 is 2.00 bits per heavy atom. The highest BCUT2D eigenvalue weighted by Crippen LogP contribution is 2.20. The summed E-state index contributed by atoms with van der Waals surface area (Å²) >= 11 is 1.76. The molecule has 0 amide bonds. The third-order valence-corrected chi connectivity index (χ3v) is 2.81. The van der Waals surface area contributed by atoms with Gasteiger partial charge in [-0.2, -0.15) is 0 Å². The Kier molecular flexibility index (Phi) is 5.30. The monoisotopic (exact) mass is 171 g/mol. The molecule has 0 aromatic carbocycles. The van der Waals surface area contributed by atoms with Crippen LogP contribution in [0.15, 0.2) is 16.0 Å². The number of aliphatic imine (C=N–C) groups is 1. The van der Waals surface area contributed by atoms with E-state index in [1.807, 2.05) is 7.05 Å². The number of allylic oxidation sites excluding steroid dienone is 2. The van der Waals surface area contributed by atoms with Gasteiger partial charge in [0, 0.05) is 13.0 Å². The van der Waals surface area contributed by atoms with E-state index in [1.165, 1.54) is 9.95 Å². The van der Waals surface area contributed by atoms with Gasteiger partial charge in [0.15, 0.2) is 0 Å². The molecule has 0 fully saturated rings. The van der Waals surface area contributed by atoms with Crippen LogP contribution in [0.5, 0.6) is 0 Å². The summed E-state index contributed by atoms with van der Waals surface area (Å²) in [6, 6.07) is 0. The molecule has 0 aliphatic rings. The molecule has 0 radical (unpaired) electrons. The SMILES string of the molecule is C/C=C(\C)SC(=NC)C(C)C. The number of hydrogen-bond acceptors (Lipinski definition) is 2. The summed E-state index contributed by atoms with van der Waals surface area (Å²) in [5.74, 6) is 0.542. The lowest BCUT2D eigenvalue weighted by atomic mass is 10.2. The molecular formula is C9H17NS. The molecule has 0 aromatic heterocycles. The molecule has 0 unspecified atom stereocenters. The lowest BCUT2D eigenvalue weighted by molar-refractivity contribution is 0.898. The first-order valence-electron chi connectivity index (χ1n) is 3.89. The van der Waals surface area contributed by atoms with Crippen LogP contribution in [0.4, 0.5) is 0 Å². The molecule has 0 aliphatic carbocycles. The van der Waals surface area contributed by atoms with Gasteiger partial charge in [-0.25, -0.2) is 0 Å². The molecule has 0 spiro atoms. The summed E-state index contributed by atoms with van der Waals surface area (Å²) in [5, 5.41) is 1.21. The van der Waals surface area contributed by atoms with Gasteiger partial charge in [-0.05, 0) is 18.8 Å². The summed E-state index contributed by atoms with van der Waals surface area (Å²) < 4.78 is 0. The average Bonchev–Trinajstić information content (AvgIpc) is 1.99. The predicted octanol–water partition coefficient (Wildman–Crippen LogP) is 3.33. The third-order valence-electron chi connectivity index (χ3n) is 1.39. The highest BCUT2D eigenvalue weighted by atomic mass is 32.2. The Balaban J connectivity index is 4.12. The van der Waals surface area contributed by atoms with Crippen molar-refractivity contribution in [2.45, 2.75) is 27.7 Å². The Labute approximate surface area is 74.0 Å². The molecule has 0 saturated heterocycles. The molecule has 11 heavy (non-hydrogen) atoms. The van der Waals surface area contributed by atoms with E-state index in [9.17, 15) is 0 Å². The van der Waals surface area contributed by atoms with E-state index in [0.717, 1.165) is 0 Å². The van der Waals surface area contributed by atoms with E-state index in [0.29, 0.717) is 5.92 Å². The van der Waals surface area contributed by atoms with Gasteiger partial charge < -0.3 is 0 Å². The van der Waals surface area contributed by atoms with E-state index < -0.39 is 0 Å². The van der Waals surface area contributed by atoms with Crippen molar-refractivity contribution in [3.05, 3.63) is 11.0 Å². The van der Waals surface area contributed by atoms with Crippen molar-refractivity contribution in [2.24, 2.45) is 10.9 Å². The van der Waals surface area contributed by atoms with Crippen molar-refractivity contribution in [3.8, 4) is 0 Å². The lowest BCUT2D eigenvalue weighted by Crippen LogP contribution is -2.01. The first-order valence-corrected chi connectivity index (χ1v) is 4.70. The van der Waals surface area contributed by atoms with Crippen molar-refractivity contribution >= 4 is 16.8 Å². The van der Waals surface area contributed by atoms with Gasteiger partial charge in [0.1, 0.15) is 0 Å². The third kappa shape index (κ3) is 4.25. The second-order valence-corrected chi connectivity index (χ2v) is 3.98. The summed E-state index contributed by atoms with van der Waals surface area (Å²) in [6.07, 6.45) is 2.11. The van der Waals surface area contributed by atoms with Crippen molar-refractivity contribution in [2.75, 3.05) is 7.05 Å². The van der Waals surface area contributed by atoms with Crippen LogP contribution in [0.1, 0.15) is 27.7 Å². The van der Waals surface area contributed by atoms with Crippen LogP contribution in [0.3, 0.4) is 0 Å². The lowest BCUT2D eigenvalue weighted by Gasteiger charge is -2.07. The summed E-state index contributed by atoms with van der Waals surface area (Å²) in [4.78, 5) is 5.53. The molecule has 64 valence electrons. The molecule has 0 rings (SSSR count). The van der Waals surface area contributed by atoms with E-state index in [1.54, 1.807) is 11.8 Å². The highest BCUT2D eigenvalue weighted by molar-refractivity contribution is 8.17. The second kappa shape index (κ2) is 5.42. The quantitative estimate of drug-likeness (QED) is 0.458. The zero-order chi connectivity index (χ0) is 8.85. The number of rotatable bonds is 2. The minimum atomic E-state index is 0.542. The fourth-order valence-corrected chi connectivity index (χ4v) is 1.42. The van der Waals surface area contributed by atoms with Crippen molar-refractivity contribution in [3.63, 3.8) is 0 Å². The number of hydrogen-bond donors (Lipinski definition) is 0. The molecule has 0 aliphatic heterocycles. The van der Waals surface area contributed by atoms with Crippen molar-refractivity contribution < 1.29 is 0 Å². The molecule has 2 heteroatoms. The van der Waals surface area contributed by atoms with Gasteiger partial charge in [0.25, 0.3) is 0 Å². The van der Waals surface area contributed by atoms with Gasteiger partial charge in [0.05, 0.1) is 5.04 Å². The molecule has 0 atom stereocenters. The zero-order valence-corrected chi connectivity index (χ0v) is 8.83. The van der Waals surface area contributed by atoms with Crippen LogP contribution in [0.2, 0.25) is 0 Å². The Morgan fingerprint density at radius 1 is 1.45 bits per heavy atom. The van der Waals surface area contributed by atoms with E-state index in [4.69, 9.17) is 0 Å². The largest absolute Gasteiger partial charge is 0.286 e. The van der Waals surface area contributed by atoms with Crippen LogP contribution < -0.4 is 0 Å². The molecule has 0 bridgehead atoms. The first-order chi connectivity index (χ1) is 5.11. The van der Waals surface area contributed by atoms with Crippen LogP contribution in [-0.4, -0.2) is 12.1 Å². The average molecular weight is 171 g/mol. The maximum absolute atomic E-state index is 4.21. The molecule has 0 N–H and O–H groups in total. The smallest absolute Gasteiger partial charge is 0.0742 e. The standard InChI is InChI=1S/C9H17NS/c1-6-8(4)11-9(10-5)7(2)3/h6-7H,1-5H3/b8-6+,10-9?. The summed E-state index contributed by atoms with van der Waals surface area (Å²) in [5.41, 5.74) is 0. The van der Waals surface area contributed by atoms with E-state index in [2.05, 4.69) is 38.8 Å². The summed E-state index contributed by atoms with van der Waals surface area (Å²) in [7, 11) is 1.85. The Morgan fingerprint density at radius 3 is 2.27 bits per heavy atom. The van der Waals surface area contributed by atoms with Crippen LogP contribution in [0.25, 0.3) is 0 Å². The van der Waals surface area contributed by atoms with Gasteiger partial charge in [-0.3, -0.25) is 4.99 Å². The Bertz CT molecular complexity index is 168. The molecule has 0 aromatic rings. The van der Waals surface area contributed by atoms with Gasteiger partial charge in [-0.1, -0.05) is 31.7 Å². The summed E-state index contributed by atoms with van der Waals surface area (Å²) in [6.45, 7) is 8.49. The molecular weight excluding hydrogens is 154 g/mol. The van der Waals surface area contributed by atoms with E-state index in [-0.39, 0.29) is 0 Å². The Hall–Kier alpha value is -0.240. The van der Waals surface area contributed by atoms with Gasteiger partial charge in [0.2, 0.25) is 0 Å². The van der Waals surface area contributed by atoms with Crippen molar-refractivity contribution in [1.82, 2.24) is 0 Å². The van der Waals surface area contributed by atoms with Gasteiger partial charge in [-0.15, -0.1) is 0 Å². The topological polar surface area (TPSA) is 12.4 Å². The predicted molar refractivity (Wildman–Crippen MR) is 55.2 cm³/mol. The van der Waals surface area contributed by atoms with Crippen LogP contribution >= 0.6 is 11.8 Å². The maximum atomic E-state index is 4.21. The minimum absolute atomic E-state index is 0.542. The van der Waals surface area contributed by atoms with Crippen LogP contribution in [0, 0.1) is 5.92 Å². The second-order valence-electron chi connectivity index (χ2n) is 2.72. The molecule has 1 nitrogen and oxygen atoms in total. The molecule has 0 saturated carbocycles. The molecule has 0 heterocycles. The number of nitrogens with zero attached hydrogens (tertiary/aromatic N) is 1. The fourth-order valence-electron chi connectivity index (χ4n) is 0.646. The fraction of sp³-hybridized carbons (Fsp3) is 0.667. The zero-order valence-electron chi connectivity index (χ0n) is 8.01.